The Morgan fingerprint density at radius 1 is 0.947 bits per heavy atom. The number of hydrazone groups is 1. The Morgan fingerprint density at radius 3 is 2.37 bits per heavy atom. The van der Waals surface area contributed by atoms with Crippen LogP contribution in [0.1, 0.15) is 16.7 Å². The van der Waals surface area contributed by atoms with Crippen molar-refractivity contribution < 1.29 is 17.9 Å². The zero-order valence-electron chi connectivity index (χ0n) is 20.6. The molecule has 0 aromatic heterocycles. The van der Waals surface area contributed by atoms with Gasteiger partial charge in [-0.15, -0.1) is 0 Å². The minimum Gasteiger partial charge on any atom is -0.489 e. The fourth-order valence-electron chi connectivity index (χ4n) is 3.59. The average Bonchev–Trinajstić information content (AvgIpc) is 2.92. The number of hydrogen-bond donors (Lipinski definition) is 1. The number of ether oxygens (including phenoxy) is 1. The van der Waals surface area contributed by atoms with Crippen molar-refractivity contribution in [2.75, 3.05) is 10.8 Å². The number of sulfonamides is 1. The van der Waals surface area contributed by atoms with Gasteiger partial charge in [-0.25, -0.2) is 13.8 Å². The number of nitrogens with one attached hydrogen (secondary N) is 1. The molecule has 0 spiro atoms. The Bertz CT molecular complexity index is 1530. The van der Waals surface area contributed by atoms with Gasteiger partial charge >= 0.3 is 0 Å². The van der Waals surface area contributed by atoms with Gasteiger partial charge in [0.25, 0.3) is 15.9 Å². The minimum absolute atomic E-state index is 0.0923. The summed E-state index contributed by atoms with van der Waals surface area (Å²) >= 11 is 6.16. The van der Waals surface area contributed by atoms with Gasteiger partial charge in [-0.3, -0.25) is 9.10 Å². The fraction of sp³-hybridized carbons (Fsp3) is 0.103. The molecule has 1 amide bonds. The first-order chi connectivity index (χ1) is 18.3. The van der Waals surface area contributed by atoms with Crippen molar-refractivity contribution in [3.05, 3.63) is 125 Å². The molecule has 0 aliphatic rings. The van der Waals surface area contributed by atoms with Crippen LogP contribution in [0.3, 0.4) is 0 Å². The standard InChI is InChI=1S/C29H26ClN3O4S/c1-22-8-7-10-25(18-22)33(38(35,36)27-11-3-2-4-12-27)20-29(34)32-31-19-23-14-16-26(17-15-23)37-21-24-9-5-6-13-28(24)30/h2-19H,20-21H2,1H3,(H,32,34)/b31-19-. The molecule has 194 valence electrons. The molecule has 0 saturated carbocycles. The zero-order chi connectivity index (χ0) is 27.0. The fourth-order valence-corrected chi connectivity index (χ4v) is 5.21. The average molecular weight is 548 g/mol. The van der Waals surface area contributed by atoms with Crippen LogP contribution < -0.4 is 14.5 Å². The van der Waals surface area contributed by atoms with Crippen LogP contribution in [0.4, 0.5) is 5.69 Å². The topological polar surface area (TPSA) is 88.1 Å². The summed E-state index contributed by atoms with van der Waals surface area (Å²) in [7, 11) is -3.98. The number of anilines is 1. The van der Waals surface area contributed by atoms with Crippen molar-refractivity contribution in [3.63, 3.8) is 0 Å². The molecule has 4 rings (SSSR count). The summed E-state index contributed by atoms with van der Waals surface area (Å²) in [5, 5.41) is 4.63. The van der Waals surface area contributed by atoms with Crippen molar-refractivity contribution in [2.45, 2.75) is 18.4 Å². The third-order valence-electron chi connectivity index (χ3n) is 5.54. The second-order valence-corrected chi connectivity index (χ2v) is 10.7. The first-order valence-corrected chi connectivity index (χ1v) is 13.6. The van der Waals surface area contributed by atoms with E-state index in [1.807, 2.05) is 37.3 Å². The Morgan fingerprint density at radius 2 is 1.66 bits per heavy atom. The molecule has 0 aliphatic heterocycles. The number of benzene rings is 4. The highest BCUT2D eigenvalue weighted by atomic mass is 35.5. The molecule has 0 aliphatic carbocycles. The van der Waals surface area contributed by atoms with E-state index in [0.29, 0.717) is 23.1 Å². The second-order valence-electron chi connectivity index (χ2n) is 8.41. The Hall–Kier alpha value is -4.14. The van der Waals surface area contributed by atoms with Crippen molar-refractivity contribution in [1.82, 2.24) is 5.43 Å². The van der Waals surface area contributed by atoms with Crippen LogP contribution in [0.2, 0.25) is 5.02 Å². The Balaban J connectivity index is 1.40. The summed E-state index contributed by atoms with van der Waals surface area (Å²) in [5.41, 5.74) is 5.28. The number of aryl methyl sites for hydroxylation is 1. The molecule has 4 aromatic rings. The number of amides is 1. The Labute approximate surface area is 227 Å². The summed E-state index contributed by atoms with van der Waals surface area (Å²) in [4.78, 5) is 12.8. The number of carbonyl (C=O) groups is 1. The van der Waals surface area contributed by atoms with Gasteiger partial charge in [0.1, 0.15) is 18.9 Å². The van der Waals surface area contributed by atoms with E-state index < -0.39 is 22.5 Å². The SMILES string of the molecule is Cc1cccc(N(CC(=O)N/N=C\c2ccc(OCc3ccccc3Cl)cc2)S(=O)(=O)c2ccccc2)c1. The molecule has 4 aromatic carbocycles. The lowest BCUT2D eigenvalue weighted by atomic mass is 10.2. The second kappa shape index (κ2) is 12.4. The predicted octanol–water partition coefficient (Wildman–Crippen LogP) is 5.57. The monoisotopic (exact) mass is 547 g/mol. The quantitative estimate of drug-likeness (QED) is 0.207. The molecular weight excluding hydrogens is 522 g/mol. The van der Waals surface area contributed by atoms with E-state index in [4.69, 9.17) is 16.3 Å². The van der Waals surface area contributed by atoms with Crippen LogP contribution in [-0.2, 0) is 21.4 Å². The van der Waals surface area contributed by atoms with Crippen molar-refractivity contribution >= 4 is 39.4 Å². The predicted molar refractivity (Wildman–Crippen MR) is 150 cm³/mol. The van der Waals surface area contributed by atoms with Crippen LogP contribution in [0, 0.1) is 6.92 Å². The van der Waals surface area contributed by atoms with Crippen LogP contribution in [-0.4, -0.2) is 27.1 Å². The molecule has 7 nitrogen and oxygen atoms in total. The summed E-state index contributed by atoms with van der Waals surface area (Å²) in [6.45, 7) is 1.76. The van der Waals surface area contributed by atoms with E-state index in [1.54, 1.807) is 60.7 Å². The first-order valence-electron chi connectivity index (χ1n) is 11.8. The van der Waals surface area contributed by atoms with Gasteiger partial charge in [-0.05, 0) is 72.6 Å². The van der Waals surface area contributed by atoms with Gasteiger partial charge in [-0.2, -0.15) is 5.10 Å². The van der Waals surface area contributed by atoms with Crippen LogP contribution in [0.15, 0.2) is 113 Å². The van der Waals surface area contributed by atoms with E-state index in [1.165, 1.54) is 18.3 Å². The summed E-state index contributed by atoms with van der Waals surface area (Å²) in [6, 6.07) is 29.6. The maximum Gasteiger partial charge on any atom is 0.264 e. The van der Waals surface area contributed by atoms with Crippen molar-refractivity contribution in [3.8, 4) is 5.75 Å². The molecule has 1 N–H and O–H groups in total. The Kier molecular flexibility index (Phi) is 8.78. The van der Waals surface area contributed by atoms with E-state index in [0.717, 1.165) is 21.0 Å². The lowest BCUT2D eigenvalue weighted by molar-refractivity contribution is -0.119. The van der Waals surface area contributed by atoms with E-state index in [-0.39, 0.29) is 4.90 Å². The van der Waals surface area contributed by atoms with Gasteiger partial charge in [0, 0.05) is 10.6 Å². The highest BCUT2D eigenvalue weighted by Gasteiger charge is 2.27. The third kappa shape index (κ3) is 7.00. The summed E-state index contributed by atoms with van der Waals surface area (Å²) in [6.07, 6.45) is 1.47. The van der Waals surface area contributed by atoms with Crippen molar-refractivity contribution in [1.29, 1.82) is 0 Å². The molecule has 0 atom stereocenters. The molecule has 0 unspecified atom stereocenters. The number of carbonyl (C=O) groups excluding carboxylic acids is 1. The van der Waals surface area contributed by atoms with Crippen LogP contribution >= 0.6 is 11.6 Å². The number of rotatable bonds is 10. The van der Waals surface area contributed by atoms with Crippen LogP contribution in [0.5, 0.6) is 5.75 Å². The number of halogens is 1. The first kappa shape index (κ1) is 26.9. The lowest BCUT2D eigenvalue weighted by Crippen LogP contribution is -2.39. The van der Waals surface area contributed by atoms with E-state index in [2.05, 4.69) is 10.5 Å². The molecule has 0 heterocycles. The van der Waals surface area contributed by atoms with E-state index >= 15 is 0 Å². The maximum absolute atomic E-state index is 13.4. The zero-order valence-corrected chi connectivity index (χ0v) is 22.2. The normalized spacial score (nSPS) is 11.3. The van der Waals surface area contributed by atoms with Crippen LogP contribution in [0.25, 0.3) is 0 Å². The highest BCUT2D eigenvalue weighted by Crippen LogP contribution is 2.24. The maximum atomic E-state index is 13.4. The highest BCUT2D eigenvalue weighted by molar-refractivity contribution is 7.92. The van der Waals surface area contributed by atoms with Gasteiger partial charge in [0.2, 0.25) is 0 Å². The summed E-state index contributed by atoms with van der Waals surface area (Å²) < 4.78 is 33.6. The number of hydrogen-bond acceptors (Lipinski definition) is 5. The molecule has 0 radical (unpaired) electrons. The van der Waals surface area contributed by atoms with Gasteiger partial charge in [0.15, 0.2) is 0 Å². The van der Waals surface area contributed by atoms with Gasteiger partial charge < -0.3 is 4.74 Å². The molecule has 0 fully saturated rings. The molecule has 9 heteroatoms. The third-order valence-corrected chi connectivity index (χ3v) is 7.70. The molecule has 38 heavy (non-hydrogen) atoms. The largest absolute Gasteiger partial charge is 0.489 e. The number of nitrogens with zero attached hydrogens (tertiary/aromatic N) is 2. The molecule has 0 saturated heterocycles. The van der Waals surface area contributed by atoms with Crippen molar-refractivity contribution in [2.24, 2.45) is 5.10 Å². The minimum atomic E-state index is -3.98. The van der Waals surface area contributed by atoms with Gasteiger partial charge in [0.05, 0.1) is 16.8 Å². The molecule has 0 bridgehead atoms. The smallest absolute Gasteiger partial charge is 0.264 e. The molecular formula is C29H26ClN3O4S. The summed E-state index contributed by atoms with van der Waals surface area (Å²) in [5.74, 6) is 0.0768. The van der Waals surface area contributed by atoms with E-state index in [9.17, 15) is 13.2 Å². The van der Waals surface area contributed by atoms with Gasteiger partial charge in [-0.1, -0.05) is 60.1 Å². The lowest BCUT2D eigenvalue weighted by Gasteiger charge is -2.24.